The molecule has 0 N–H and O–H groups in total. The predicted octanol–water partition coefficient (Wildman–Crippen LogP) is 5.10. The van der Waals surface area contributed by atoms with Gasteiger partial charge in [0.1, 0.15) is 5.69 Å². The molecule has 1 aliphatic heterocycles. The molecular formula is C26H24N6O. The average molecular weight is 437 g/mol. The van der Waals surface area contributed by atoms with Gasteiger partial charge in [-0.1, -0.05) is 30.3 Å². The van der Waals surface area contributed by atoms with Gasteiger partial charge in [-0.25, -0.2) is 4.68 Å². The first-order chi connectivity index (χ1) is 16.3. The number of rotatable bonds is 5. The van der Waals surface area contributed by atoms with Crippen LogP contribution in [0.15, 0.2) is 79.5 Å². The van der Waals surface area contributed by atoms with Gasteiger partial charge >= 0.3 is 0 Å². The SMILES string of the molecule is c1ccc(Cn2cc(-c3nn(C4CCCCO4)c4cnc(-c5cccnc5)cc34)cn2)cc1. The van der Waals surface area contributed by atoms with Crippen LogP contribution in [0.5, 0.6) is 0 Å². The van der Waals surface area contributed by atoms with Crippen LogP contribution in [0.1, 0.15) is 31.1 Å². The second-order valence-electron chi connectivity index (χ2n) is 8.35. The van der Waals surface area contributed by atoms with E-state index >= 15 is 0 Å². The summed E-state index contributed by atoms with van der Waals surface area (Å²) in [5.74, 6) is 0. The Morgan fingerprint density at radius 3 is 2.73 bits per heavy atom. The Morgan fingerprint density at radius 1 is 0.970 bits per heavy atom. The van der Waals surface area contributed by atoms with Gasteiger partial charge in [0.2, 0.25) is 0 Å². The van der Waals surface area contributed by atoms with E-state index in [2.05, 4.69) is 34.5 Å². The van der Waals surface area contributed by atoms with Crippen molar-refractivity contribution < 1.29 is 4.74 Å². The van der Waals surface area contributed by atoms with E-state index in [1.54, 1.807) is 6.20 Å². The summed E-state index contributed by atoms with van der Waals surface area (Å²) in [6, 6.07) is 16.4. The quantitative estimate of drug-likeness (QED) is 0.383. The molecule has 0 saturated carbocycles. The number of hydrogen-bond acceptors (Lipinski definition) is 5. The van der Waals surface area contributed by atoms with Gasteiger partial charge in [-0.15, -0.1) is 0 Å². The monoisotopic (exact) mass is 436 g/mol. The van der Waals surface area contributed by atoms with Crippen molar-refractivity contribution in [2.75, 3.05) is 6.61 Å². The van der Waals surface area contributed by atoms with E-state index in [1.807, 2.05) is 58.3 Å². The lowest BCUT2D eigenvalue weighted by molar-refractivity contribution is -0.0365. The molecule has 5 heterocycles. The molecule has 1 atom stereocenters. The largest absolute Gasteiger partial charge is 0.356 e. The summed E-state index contributed by atoms with van der Waals surface area (Å²) in [6.45, 7) is 1.48. The molecule has 0 bridgehead atoms. The van der Waals surface area contributed by atoms with Crippen molar-refractivity contribution in [3.05, 3.63) is 85.1 Å². The topological polar surface area (TPSA) is 70.7 Å². The van der Waals surface area contributed by atoms with E-state index in [0.717, 1.165) is 59.3 Å². The maximum Gasteiger partial charge on any atom is 0.150 e. The molecule has 1 saturated heterocycles. The van der Waals surface area contributed by atoms with Gasteiger partial charge in [0.15, 0.2) is 6.23 Å². The van der Waals surface area contributed by atoms with Crippen molar-refractivity contribution in [1.29, 1.82) is 0 Å². The number of pyridine rings is 2. The number of aromatic nitrogens is 6. The standard InChI is InChI=1S/C26H24N6O/c1-2-7-19(8-3-1)17-31-18-21(15-29-31)26-22-13-23(20-9-6-11-27-14-20)28-16-24(22)32(30-26)25-10-4-5-12-33-25/h1-3,6-9,11,13-16,18,25H,4-5,10,12,17H2. The fourth-order valence-corrected chi connectivity index (χ4v) is 4.40. The van der Waals surface area contributed by atoms with Crippen molar-refractivity contribution in [3.63, 3.8) is 0 Å². The third-order valence-corrected chi connectivity index (χ3v) is 6.07. The highest BCUT2D eigenvalue weighted by Crippen LogP contribution is 2.34. The highest BCUT2D eigenvalue weighted by atomic mass is 16.5. The normalized spacial score (nSPS) is 16.3. The molecule has 0 radical (unpaired) electrons. The van der Waals surface area contributed by atoms with E-state index in [9.17, 15) is 0 Å². The summed E-state index contributed by atoms with van der Waals surface area (Å²) in [5, 5.41) is 10.7. The van der Waals surface area contributed by atoms with E-state index < -0.39 is 0 Å². The van der Waals surface area contributed by atoms with Gasteiger partial charge in [0.05, 0.1) is 30.1 Å². The maximum atomic E-state index is 6.06. The summed E-state index contributed by atoms with van der Waals surface area (Å²) in [7, 11) is 0. The molecular weight excluding hydrogens is 412 g/mol. The summed E-state index contributed by atoms with van der Waals surface area (Å²) in [6.07, 6.45) is 12.6. The Hall–Kier alpha value is -3.84. The van der Waals surface area contributed by atoms with Crippen LogP contribution in [0.2, 0.25) is 0 Å². The zero-order valence-corrected chi connectivity index (χ0v) is 18.2. The van der Waals surface area contributed by atoms with Crippen LogP contribution in [-0.4, -0.2) is 36.1 Å². The molecule has 0 aliphatic carbocycles. The fourth-order valence-electron chi connectivity index (χ4n) is 4.40. The molecule has 1 unspecified atom stereocenters. The summed E-state index contributed by atoms with van der Waals surface area (Å²) in [4.78, 5) is 8.97. The van der Waals surface area contributed by atoms with Crippen LogP contribution in [-0.2, 0) is 11.3 Å². The minimum Gasteiger partial charge on any atom is -0.356 e. The zero-order chi connectivity index (χ0) is 22.0. The number of fused-ring (bicyclic) bond motifs is 1. The maximum absolute atomic E-state index is 6.06. The van der Waals surface area contributed by atoms with Gasteiger partial charge in [-0.2, -0.15) is 10.2 Å². The lowest BCUT2D eigenvalue weighted by Gasteiger charge is -2.23. The van der Waals surface area contributed by atoms with E-state index in [0.29, 0.717) is 6.54 Å². The minimum absolute atomic E-state index is 0.0691. The molecule has 1 aliphatic rings. The number of hydrogen-bond donors (Lipinski definition) is 0. The van der Waals surface area contributed by atoms with Crippen molar-refractivity contribution in [3.8, 4) is 22.5 Å². The smallest absolute Gasteiger partial charge is 0.150 e. The van der Waals surface area contributed by atoms with Gasteiger partial charge in [0.25, 0.3) is 0 Å². The molecule has 0 amide bonds. The van der Waals surface area contributed by atoms with Crippen molar-refractivity contribution in [2.24, 2.45) is 0 Å². The summed E-state index contributed by atoms with van der Waals surface area (Å²) < 4.78 is 10.0. The Labute approximate surface area is 191 Å². The van der Waals surface area contributed by atoms with Gasteiger partial charge < -0.3 is 4.74 Å². The second-order valence-corrected chi connectivity index (χ2v) is 8.35. The molecule has 7 heteroatoms. The predicted molar refractivity (Wildman–Crippen MR) is 126 cm³/mol. The zero-order valence-electron chi connectivity index (χ0n) is 18.2. The van der Waals surface area contributed by atoms with Crippen LogP contribution >= 0.6 is 0 Å². The van der Waals surface area contributed by atoms with Crippen molar-refractivity contribution in [2.45, 2.75) is 32.0 Å². The van der Waals surface area contributed by atoms with Gasteiger partial charge in [-0.3, -0.25) is 14.6 Å². The van der Waals surface area contributed by atoms with E-state index in [-0.39, 0.29) is 6.23 Å². The molecule has 164 valence electrons. The third-order valence-electron chi connectivity index (χ3n) is 6.07. The highest BCUT2D eigenvalue weighted by Gasteiger charge is 2.23. The van der Waals surface area contributed by atoms with Crippen molar-refractivity contribution >= 4 is 10.9 Å². The molecule has 1 aromatic carbocycles. The highest BCUT2D eigenvalue weighted by molar-refractivity contribution is 5.94. The molecule has 0 spiro atoms. The van der Waals surface area contributed by atoms with Crippen LogP contribution in [0.25, 0.3) is 33.4 Å². The molecule has 4 aromatic heterocycles. The second kappa shape index (κ2) is 8.60. The number of nitrogens with zero attached hydrogens (tertiary/aromatic N) is 6. The molecule has 7 nitrogen and oxygen atoms in total. The summed E-state index contributed by atoms with van der Waals surface area (Å²) >= 11 is 0. The first-order valence-corrected chi connectivity index (χ1v) is 11.3. The van der Waals surface area contributed by atoms with Crippen LogP contribution in [0.3, 0.4) is 0 Å². The molecule has 33 heavy (non-hydrogen) atoms. The third kappa shape index (κ3) is 3.91. The average Bonchev–Trinajstić information content (AvgIpc) is 3.50. The Bertz CT molecular complexity index is 1370. The van der Waals surface area contributed by atoms with Gasteiger partial charge in [0, 0.05) is 41.7 Å². The van der Waals surface area contributed by atoms with E-state index in [4.69, 9.17) is 14.8 Å². The molecule has 5 aromatic rings. The minimum atomic E-state index is -0.0691. The summed E-state index contributed by atoms with van der Waals surface area (Å²) in [5.41, 5.74) is 5.91. The van der Waals surface area contributed by atoms with Crippen molar-refractivity contribution in [1.82, 2.24) is 29.5 Å². The van der Waals surface area contributed by atoms with Crippen LogP contribution < -0.4 is 0 Å². The van der Waals surface area contributed by atoms with Crippen LogP contribution in [0, 0.1) is 0 Å². The first-order valence-electron chi connectivity index (χ1n) is 11.3. The molecule has 6 rings (SSSR count). The molecule has 1 fully saturated rings. The van der Waals surface area contributed by atoms with Crippen LogP contribution in [0.4, 0.5) is 0 Å². The lowest BCUT2D eigenvalue weighted by Crippen LogP contribution is -2.19. The Kier molecular flexibility index (Phi) is 5.16. The van der Waals surface area contributed by atoms with E-state index in [1.165, 1.54) is 5.56 Å². The van der Waals surface area contributed by atoms with Gasteiger partial charge in [-0.05, 0) is 43.0 Å². The number of ether oxygens (including phenoxy) is 1. The lowest BCUT2D eigenvalue weighted by atomic mass is 10.1. The fraction of sp³-hybridized carbons (Fsp3) is 0.231. The number of benzene rings is 1. The first kappa shape index (κ1) is 19.8. The Balaban J connectivity index is 1.44. The Morgan fingerprint density at radius 2 is 1.91 bits per heavy atom.